The molecule has 2 aromatic rings. The fourth-order valence-electron chi connectivity index (χ4n) is 3.01. The van der Waals surface area contributed by atoms with Gasteiger partial charge in [-0.3, -0.25) is 0 Å². The molecule has 0 saturated heterocycles. The second kappa shape index (κ2) is 11.2. The molecule has 6 nitrogen and oxygen atoms in total. The van der Waals surface area contributed by atoms with Crippen LogP contribution in [-0.2, 0) is 14.9 Å². The van der Waals surface area contributed by atoms with Gasteiger partial charge in [0.1, 0.15) is 0 Å². The average Bonchev–Trinajstić information content (AvgIpc) is 2.71. The van der Waals surface area contributed by atoms with Crippen LogP contribution in [0.4, 0.5) is 0 Å². The third-order valence-electron chi connectivity index (χ3n) is 4.57. The molecule has 0 radical (unpaired) electrons. The Labute approximate surface area is 178 Å². The van der Waals surface area contributed by atoms with Crippen molar-refractivity contribution >= 4 is 45.0 Å². The van der Waals surface area contributed by atoms with Gasteiger partial charge in [0.2, 0.25) is 0 Å². The summed E-state index contributed by atoms with van der Waals surface area (Å²) in [5, 5.41) is 0.343. The van der Waals surface area contributed by atoms with Crippen molar-refractivity contribution in [3.05, 3.63) is 60.7 Å². The molecule has 0 aliphatic heterocycles. The summed E-state index contributed by atoms with van der Waals surface area (Å²) in [6.07, 6.45) is 3.09. The SMILES string of the molecule is CCC[CH2][Sn]([CH2]CCC)([O]P(=O)(O)c1ccccc1)[O]P(=O)(O)c1ccccc1. The molecular weight excluding hydrogens is 517 g/mol. The van der Waals surface area contributed by atoms with Crippen molar-refractivity contribution in [2.75, 3.05) is 0 Å². The van der Waals surface area contributed by atoms with Crippen LogP contribution in [0.1, 0.15) is 39.5 Å². The third-order valence-corrected chi connectivity index (χ3v) is 23.9. The molecule has 2 rings (SSSR count). The van der Waals surface area contributed by atoms with Gasteiger partial charge in [-0.25, -0.2) is 0 Å². The van der Waals surface area contributed by atoms with E-state index in [0.717, 1.165) is 12.8 Å². The predicted octanol–water partition coefficient (Wildman–Crippen LogP) is 5.08. The normalized spacial score (nSPS) is 16.1. The monoisotopic (exact) mass is 548 g/mol. The molecule has 2 atom stereocenters. The second-order valence-corrected chi connectivity index (χ2v) is 21.7. The van der Waals surface area contributed by atoms with Gasteiger partial charge in [-0.1, -0.05) is 0 Å². The fraction of sp³-hybridized carbons (Fsp3) is 0.400. The first-order valence-electron chi connectivity index (χ1n) is 9.93. The summed E-state index contributed by atoms with van der Waals surface area (Å²) in [5.41, 5.74) is 0. The number of benzene rings is 2. The van der Waals surface area contributed by atoms with Crippen molar-refractivity contribution in [3.8, 4) is 0 Å². The third kappa shape index (κ3) is 7.32. The van der Waals surface area contributed by atoms with Gasteiger partial charge in [0.15, 0.2) is 0 Å². The molecule has 0 fully saturated rings. The minimum absolute atomic E-state index is 0.171. The van der Waals surface area contributed by atoms with E-state index < -0.39 is 34.4 Å². The fourth-order valence-corrected chi connectivity index (χ4v) is 25.0. The van der Waals surface area contributed by atoms with Gasteiger partial charge in [-0.2, -0.15) is 0 Å². The van der Waals surface area contributed by atoms with E-state index >= 15 is 0 Å². The van der Waals surface area contributed by atoms with E-state index in [4.69, 9.17) is 5.72 Å². The summed E-state index contributed by atoms with van der Waals surface area (Å²) < 4.78 is 39.0. The van der Waals surface area contributed by atoms with E-state index in [0.29, 0.717) is 21.7 Å². The summed E-state index contributed by atoms with van der Waals surface area (Å²) in [5.74, 6) is 0. The first kappa shape index (κ1) is 24.8. The van der Waals surface area contributed by atoms with E-state index in [1.54, 1.807) is 36.4 Å². The van der Waals surface area contributed by atoms with Crippen molar-refractivity contribution < 1.29 is 24.6 Å². The second-order valence-electron chi connectivity index (χ2n) is 7.01. The molecule has 0 aliphatic rings. The van der Waals surface area contributed by atoms with Gasteiger partial charge in [0, 0.05) is 0 Å². The van der Waals surface area contributed by atoms with E-state index in [9.17, 15) is 18.9 Å². The Morgan fingerprint density at radius 2 is 1.07 bits per heavy atom. The maximum atomic E-state index is 13.1. The summed E-state index contributed by atoms with van der Waals surface area (Å²) in [7, 11) is -8.38. The number of hydrogen-bond donors (Lipinski definition) is 2. The molecule has 0 aliphatic carbocycles. The molecule has 0 heterocycles. The van der Waals surface area contributed by atoms with Crippen LogP contribution in [-0.4, -0.2) is 29.0 Å². The van der Waals surface area contributed by atoms with Gasteiger partial charge in [0.05, 0.1) is 0 Å². The van der Waals surface area contributed by atoms with Crippen molar-refractivity contribution in [2.45, 2.75) is 48.4 Å². The van der Waals surface area contributed by atoms with Crippen molar-refractivity contribution in [2.24, 2.45) is 0 Å². The van der Waals surface area contributed by atoms with Crippen molar-refractivity contribution in [1.29, 1.82) is 0 Å². The molecule has 9 heteroatoms. The van der Waals surface area contributed by atoms with Crippen molar-refractivity contribution in [1.82, 2.24) is 0 Å². The number of unbranched alkanes of at least 4 members (excludes halogenated alkanes) is 2. The maximum absolute atomic E-state index is 13.1. The molecule has 0 spiro atoms. The van der Waals surface area contributed by atoms with Crippen LogP contribution in [0.15, 0.2) is 60.7 Å². The molecule has 0 bridgehead atoms. The minimum atomic E-state index is -4.45. The molecule has 0 saturated carbocycles. The summed E-state index contributed by atoms with van der Waals surface area (Å²) in [6, 6.07) is 16.3. The summed E-state index contributed by atoms with van der Waals surface area (Å²) in [4.78, 5) is 21.4. The zero-order valence-electron chi connectivity index (χ0n) is 16.9. The van der Waals surface area contributed by atoms with Crippen LogP contribution in [0.3, 0.4) is 0 Å². The van der Waals surface area contributed by atoms with Crippen LogP contribution < -0.4 is 10.6 Å². The van der Waals surface area contributed by atoms with Crippen LogP contribution in [0.5, 0.6) is 0 Å². The molecule has 2 aromatic carbocycles. The molecule has 0 aromatic heterocycles. The van der Waals surface area contributed by atoms with E-state index in [1.807, 2.05) is 13.8 Å². The van der Waals surface area contributed by atoms with Gasteiger partial charge in [-0.05, 0) is 0 Å². The van der Waals surface area contributed by atoms with Crippen molar-refractivity contribution in [3.63, 3.8) is 0 Å². The Hall–Kier alpha value is -0.461. The molecular formula is C20H30O6P2Sn. The zero-order valence-corrected chi connectivity index (χ0v) is 21.6. The molecule has 2 N–H and O–H groups in total. The van der Waals surface area contributed by atoms with Gasteiger partial charge in [-0.15, -0.1) is 0 Å². The molecule has 29 heavy (non-hydrogen) atoms. The van der Waals surface area contributed by atoms with E-state index in [2.05, 4.69) is 0 Å². The standard InChI is InChI=1S/2C6H7O3P.2C4H9.Sn/c2*7-10(8,9)6-4-2-1-3-5-6;2*1-3-4-2;/h2*1-5H,(H2,7,8,9);2*1,3-4H2,2H3;/q;;;;+2/p-2. The van der Waals surface area contributed by atoms with Crippen LogP contribution in [0, 0.1) is 0 Å². The van der Waals surface area contributed by atoms with Gasteiger partial charge >= 0.3 is 179 Å². The van der Waals surface area contributed by atoms with Gasteiger partial charge < -0.3 is 0 Å². The first-order valence-corrected chi connectivity index (χ1v) is 19.5. The number of rotatable bonds is 12. The molecule has 160 valence electrons. The predicted molar refractivity (Wildman–Crippen MR) is 119 cm³/mol. The van der Waals surface area contributed by atoms with Crippen LogP contribution in [0.2, 0.25) is 8.87 Å². The Balaban J connectivity index is 2.43. The summed E-state index contributed by atoms with van der Waals surface area (Å²) in [6.45, 7) is 4.00. The quantitative estimate of drug-likeness (QED) is 0.285. The Morgan fingerprint density at radius 1 is 0.724 bits per heavy atom. The van der Waals surface area contributed by atoms with E-state index in [-0.39, 0.29) is 10.6 Å². The Kier molecular flexibility index (Phi) is 9.61. The first-order chi connectivity index (χ1) is 13.7. The number of hydrogen-bond acceptors (Lipinski definition) is 4. The Morgan fingerprint density at radius 3 is 1.38 bits per heavy atom. The van der Waals surface area contributed by atoms with E-state index in [1.165, 1.54) is 24.3 Å². The zero-order chi connectivity index (χ0) is 21.4. The van der Waals surface area contributed by atoms with Crippen LogP contribution >= 0.6 is 15.2 Å². The molecule has 0 amide bonds. The van der Waals surface area contributed by atoms with Gasteiger partial charge in [0.25, 0.3) is 0 Å². The van der Waals surface area contributed by atoms with Crippen LogP contribution in [0.25, 0.3) is 0 Å². The average molecular weight is 547 g/mol. The Bertz CT molecular complexity index is 775. The topological polar surface area (TPSA) is 93.1 Å². The molecule has 2 unspecified atom stereocenters. The summed E-state index contributed by atoms with van der Waals surface area (Å²) >= 11 is -4.45.